The number of alkyl halides is 3. The highest BCUT2D eigenvalue weighted by molar-refractivity contribution is 6.35. The molecule has 3 unspecified atom stereocenters. The minimum atomic E-state index is -5.17. The number of piperidine rings is 2. The van der Waals surface area contributed by atoms with Crippen LogP contribution in [0.15, 0.2) is 18.6 Å². The van der Waals surface area contributed by atoms with Crippen LogP contribution in [0.4, 0.5) is 13.2 Å². The third kappa shape index (κ3) is 4.10. The van der Waals surface area contributed by atoms with E-state index in [0.717, 1.165) is 10.9 Å². The summed E-state index contributed by atoms with van der Waals surface area (Å²) >= 11 is 6.37. The third-order valence-electron chi connectivity index (χ3n) is 10.00. The molecule has 3 amide bonds. The first-order chi connectivity index (χ1) is 19.4. The van der Waals surface area contributed by atoms with E-state index in [1.165, 1.54) is 4.90 Å². The van der Waals surface area contributed by atoms with Crippen LogP contribution in [0, 0.1) is 33.0 Å². The van der Waals surface area contributed by atoms with Crippen molar-refractivity contribution in [2.45, 2.75) is 85.2 Å². The number of aromatic nitrogens is 2. The zero-order chi connectivity index (χ0) is 31.2. The quantitative estimate of drug-likeness (QED) is 0.494. The van der Waals surface area contributed by atoms with Crippen molar-refractivity contribution in [3.05, 3.63) is 29.2 Å². The molecule has 3 aliphatic rings. The molecular weight excluding hydrogens is 573 g/mol. The second-order valence-corrected chi connectivity index (χ2v) is 13.8. The highest BCUT2D eigenvalue weighted by Gasteiger charge is 3.02. The summed E-state index contributed by atoms with van der Waals surface area (Å²) < 4.78 is 41.4. The lowest BCUT2D eigenvalue weighted by atomic mass is 9.79. The zero-order valence-electron chi connectivity index (χ0n) is 24.3. The normalized spacial score (nSPS) is 27.0. The van der Waals surface area contributed by atoms with Gasteiger partial charge in [0, 0.05) is 54.3 Å². The topological polar surface area (TPSA) is 120 Å². The summed E-state index contributed by atoms with van der Waals surface area (Å²) in [5.41, 5.74) is -0.687. The maximum Gasteiger partial charge on any atom is 0.471 e. The van der Waals surface area contributed by atoms with Gasteiger partial charge in [-0.2, -0.15) is 18.4 Å². The number of likely N-dealkylation sites (tertiary alicyclic amines) is 1. The van der Waals surface area contributed by atoms with E-state index in [0.29, 0.717) is 23.6 Å². The van der Waals surface area contributed by atoms with Crippen LogP contribution in [0.1, 0.15) is 53.5 Å². The number of carbonyl (C=O) groups is 3. The highest BCUT2D eigenvalue weighted by atomic mass is 35.5. The van der Waals surface area contributed by atoms with Gasteiger partial charge in [0.25, 0.3) is 0 Å². The van der Waals surface area contributed by atoms with Gasteiger partial charge in [0.1, 0.15) is 18.1 Å². The Balaban J connectivity index is 1.42. The van der Waals surface area contributed by atoms with Crippen LogP contribution < -0.4 is 10.6 Å². The molecule has 13 heteroatoms. The average Bonchev–Trinajstić information content (AvgIpc) is 3.51. The van der Waals surface area contributed by atoms with Gasteiger partial charge < -0.3 is 20.1 Å². The van der Waals surface area contributed by atoms with Crippen LogP contribution in [0.3, 0.4) is 0 Å². The van der Waals surface area contributed by atoms with Crippen molar-refractivity contribution in [1.29, 1.82) is 5.26 Å². The summed E-state index contributed by atoms with van der Waals surface area (Å²) in [5.74, 6) is -3.51. The number of nitriles is 1. The molecule has 2 saturated carbocycles. The number of fused-ring (bicyclic) bond motifs is 1. The lowest BCUT2D eigenvalue weighted by molar-refractivity contribution is -0.176. The van der Waals surface area contributed by atoms with Gasteiger partial charge in [0.05, 0.1) is 16.6 Å². The summed E-state index contributed by atoms with van der Waals surface area (Å²) in [4.78, 5) is 45.2. The molecule has 2 N–H and O–H groups in total. The SMILES string of the molecule is CCn1cc(Cl)c2cncc(CC(C#N)NC(=O)[C@H]3N(C(=O)[C@@H](NC(=O)C(F)(F)F)C(C)(C)C)CC45CC34C5(C)C)c21. The van der Waals surface area contributed by atoms with Gasteiger partial charge in [-0.15, -0.1) is 0 Å². The summed E-state index contributed by atoms with van der Waals surface area (Å²) in [6, 6.07) is -1.35. The molecule has 0 spiro atoms. The highest BCUT2D eigenvalue weighted by Crippen LogP contribution is 3.00. The maximum absolute atomic E-state index is 14.0. The predicted octanol–water partition coefficient (Wildman–Crippen LogP) is 3.98. The standard InChI is InChI=1S/C29H34ClF3N6O3/c1-7-38-12-18(30)17-11-35-10-15(19(17)38)8-16(9-34)36-22(40)21-28-13-27(28,26(28,5)6)14-39(21)23(41)20(25(2,3)4)37-24(42)29(31,32)33/h10-12,16,20-21H,7-8,13-14H2,1-6H3,(H,36,40)(H,37,42)/t16?,20-,21-,27?,28?/m1/s1. The molecular formula is C29H34ClF3N6O3. The molecule has 226 valence electrons. The van der Waals surface area contributed by atoms with Crippen molar-refractivity contribution in [1.82, 2.24) is 25.1 Å². The second-order valence-electron chi connectivity index (χ2n) is 13.3. The number of nitrogens with zero attached hydrogens (tertiary/aromatic N) is 4. The molecule has 5 rings (SSSR count). The van der Waals surface area contributed by atoms with Gasteiger partial charge in [-0.05, 0) is 29.7 Å². The second kappa shape index (κ2) is 9.33. The molecule has 2 aromatic rings. The van der Waals surface area contributed by atoms with Crippen molar-refractivity contribution in [2.24, 2.45) is 21.7 Å². The van der Waals surface area contributed by atoms with E-state index in [9.17, 15) is 32.8 Å². The fourth-order valence-electron chi connectivity index (χ4n) is 7.58. The van der Waals surface area contributed by atoms with E-state index in [1.807, 2.05) is 30.7 Å². The minimum absolute atomic E-state index is 0.126. The minimum Gasteiger partial charge on any atom is -0.346 e. The molecule has 1 saturated heterocycles. The molecule has 0 aromatic carbocycles. The van der Waals surface area contributed by atoms with Crippen molar-refractivity contribution in [3.8, 4) is 6.07 Å². The number of nitrogens with one attached hydrogen (secondary N) is 2. The Labute approximate surface area is 246 Å². The smallest absolute Gasteiger partial charge is 0.346 e. The molecule has 3 heterocycles. The van der Waals surface area contributed by atoms with Gasteiger partial charge in [0.2, 0.25) is 11.8 Å². The summed E-state index contributed by atoms with van der Waals surface area (Å²) in [5, 5.41) is 15.9. The molecule has 2 aromatic heterocycles. The molecule has 5 atom stereocenters. The Morgan fingerprint density at radius 3 is 2.43 bits per heavy atom. The van der Waals surface area contributed by atoms with E-state index in [1.54, 1.807) is 39.4 Å². The van der Waals surface area contributed by atoms with Gasteiger partial charge in [-0.3, -0.25) is 19.4 Å². The van der Waals surface area contributed by atoms with Crippen LogP contribution in [0.25, 0.3) is 10.9 Å². The number of hydrogen-bond donors (Lipinski definition) is 2. The van der Waals surface area contributed by atoms with E-state index in [-0.39, 0.29) is 23.8 Å². The molecule has 3 fully saturated rings. The van der Waals surface area contributed by atoms with E-state index in [4.69, 9.17) is 11.6 Å². The first-order valence-electron chi connectivity index (χ1n) is 13.9. The monoisotopic (exact) mass is 606 g/mol. The number of hydrogen-bond acceptors (Lipinski definition) is 5. The van der Waals surface area contributed by atoms with Crippen LogP contribution in [-0.4, -0.2) is 63.0 Å². The summed E-state index contributed by atoms with van der Waals surface area (Å²) in [7, 11) is 0. The maximum atomic E-state index is 14.0. The van der Waals surface area contributed by atoms with Crippen LogP contribution in [0.2, 0.25) is 5.02 Å². The van der Waals surface area contributed by atoms with Crippen LogP contribution >= 0.6 is 11.6 Å². The number of aryl methyl sites for hydroxylation is 1. The number of rotatable bonds is 7. The Bertz CT molecular complexity index is 1540. The van der Waals surface area contributed by atoms with Gasteiger partial charge in [-0.1, -0.05) is 46.2 Å². The molecule has 2 aliphatic carbocycles. The van der Waals surface area contributed by atoms with Gasteiger partial charge in [-0.25, -0.2) is 0 Å². The average molecular weight is 607 g/mol. The van der Waals surface area contributed by atoms with E-state index < -0.39 is 52.9 Å². The van der Waals surface area contributed by atoms with Crippen molar-refractivity contribution in [2.75, 3.05) is 6.54 Å². The third-order valence-corrected chi connectivity index (χ3v) is 10.3. The molecule has 42 heavy (non-hydrogen) atoms. The first kappa shape index (κ1) is 30.1. The van der Waals surface area contributed by atoms with Crippen LogP contribution in [0.5, 0.6) is 0 Å². The number of pyridine rings is 1. The van der Waals surface area contributed by atoms with Gasteiger partial charge >= 0.3 is 12.1 Å². The Kier molecular flexibility index (Phi) is 6.70. The summed E-state index contributed by atoms with van der Waals surface area (Å²) in [6.07, 6.45) is 0.699. The van der Waals surface area contributed by atoms with Crippen molar-refractivity contribution in [3.63, 3.8) is 0 Å². The largest absolute Gasteiger partial charge is 0.471 e. The number of carbonyl (C=O) groups excluding carboxylic acids is 3. The Hall–Kier alpha value is -3.33. The van der Waals surface area contributed by atoms with Crippen LogP contribution in [-0.2, 0) is 27.3 Å². The molecule has 9 nitrogen and oxygen atoms in total. The lowest BCUT2D eigenvalue weighted by Gasteiger charge is -2.42. The first-order valence-corrected chi connectivity index (χ1v) is 14.2. The number of amides is 3. The van der Waals surface area contributed by atoms with E-state index in [2.05, 4.69) is 16.4 Å². The molecule has 1 aliphatic heterocycles. The lowest BCUT2D eigenvalue weighted by Crippen LogP contribution is -2.63. The van der Waals surface area contributed by atoms with Crippen molar-refractivity contribution < 1.29 is 27.6 Å². The van der Waals surface area contributed by atoms with Crippen molar-refractivity contribution >= 4 is 40.2 Å². The van der Waals surface area contributed by atoms with E-state index >= 15 is 0 Å². The summed E-state index contributed by atoms with van der Waals surface area (Å²) in [6.45, 7) is 11.5. The fourth-order valence-corrected chi connectivity index (χ4v) is 7.84. The fraction of sp³-hybridized carbons (Fsp3) is 0.621. The number of halogens is 4. The Morgan fingerprint density at radius 2 is 1.88 bits per heavy atom. The molecule has 0 radical (unpaired) electrons. The zero-order valence-corrected chi connectivity index (χ0v) is 25.1. The Morgan fingerprint density at radius 1 is 1.21 bits per heavy atom. The van der Waals surface area contributed by atoms with Gasteiger partial charge in [0.15, 0.2) is 0 Å². The molecule has 0 bridgehead atoms. The predicted molar refractivity (Wildman–Crippen MR) is 148 cm³/mol.